The Labute approximate surface area is 176 Å². The van der Waals surface area contributed by atoms with Crippen molar-refractivity contribution in [3.8, 4) is 0 Å². The summed E-state index contributed by atoms with van der Waals surface area (Å²) >= 11 is 1.75. The zero-order valence-corrected chi connectivity index (χ0v) is 19.0. The van der Waals surface area contributed by atoms with Crippen molar-refractivity contribution in [2.75, 3.05) is 13.6 Å². The average molecular weight is 508 g/mol. The molecule has 1 heterocycles. The molecule has 0 saturated heterocycles. The van der Waals surface area contributed by atoms with Gasteiger partial charge < -0.3 is 10.6 Å². The lowest BCUT2D eigenvalue weighted by Crippen LogP contribution is -2.36. The molecule has 0 spiro atoms. The maximum Gasteiger partial charge on any atom is 0.240 e. The third-order valence-corrected chi connectivity index (χ3v) is 5.88. The minimum atomic E-state index is -3.44. The fourth-order valence-electron chi connectivity index (χ4n) is 2.19. The van der Waals surface area contributed by atoms with E-state index in [1.165, 1.54) is 16.8 Å². The van der Waals surface area contributed by atoms with Gasteiger partial charge in [0.05, 0.1) is 18.0 Å². The first-order chi connectivity index (χ1) is 11.9. The summed E-state index contributed by atoms with van der Waals surface area (Å²) < 4.78 is 26.1. The number of sulfonamides is 1. The molecule has 0 fully saturated rings. The molecule has 144 valence electrons. The lowest BCUT2D eigenvalue weighted by Gasteiger charge is -2.11. The van der Waals surface area contributed by atoms with Crippen LogP contribution in [0.25, 0.3) is 0 Å². The van der Waals surface area contributed by atoms with E-state index in [9.17, 15) is 8.42 Å². The van der Waals surface area contributed by atoms with Gasteiger partial charge in [-0.15, -0.1) is 35.3 Å². The second-order valence-corrected chi connectivity index (χ2v) is 8.68. The monoisotopic (exact) mass is 508 g/mol. The van der Waals surface area contributed by atoms with E-state index >= 15 is 0 Å². The molecule has 0 bridgehead atoms. The second-order valence-electron chi connectivity index (χ2n) is 5.42. The Bertz CT molecular complexity index is 835. The maximum absolute atomic E-state index is 11.9. The molecular weight excluding hydrogens is 483 g/mol. The zero-order chi connectivity index (χ0) is 18.3. The Morgan fingerprint density at radius 3 is 2.58 bits per heavy atom. The van der Waals surface area contributed by atoms with Crippen LogP contribution in [0.2, 0.25) is 0 Å². The summed E-state index contributed by atoms with van der Waals surface area (Å²) in [7, 11) is -2.04. The van der Waals surface area contributed by atoms with E-state index in [0.717, 1.165) is 12.1 Å². The van der Waals surface area contributed by atoms with Crippen LogP contribution >= 0.6 is 35.3 Å². The van der Waals surface area contributed by atoms with Crippen LogP contribution in [-0.2, 0) is 23.1 Å². The number of benzene rings is 1. The molecule has 6 nitrogen and oxygen atoms in total. The van der Waals surface area contributed by atoms with Crippen LogP contribution in [0, 0.1) is 6.92 Å². The fraction of sp³-hybridized carbons (Fsp3) is 0.353. The molecule has 2 rings (SSSR count). The molecule has 0 amide bonds. The zero-order valence-electron chi connectivity index (χ0n) is 15.1. The molecule has 1 aromatic heterocycles. The highest BCUT2D eigenvalue weighted by atomic mass is 127. The maximum atomic E-state index is 11.9. The highest BCUT2D eigenvalue weighted by molar-refractivity contribution is 14.0. The minimum Gasteiger partial charge on any atom is -0.357 e. The van der Waals surface area contributed by atoms with Gasteiger partial charge in [0.25, 0.3) is 0 Å². The summed E-state index contributed by atoms with van der Waals surface area (Å²) in [6, 6.07) is 11.0. The number of nitrogens with one attached hydrogen (secondary N) is 3. The number of aliphatic imine (C=N–C) groups is 1. The van der Waals surface area contributed by atoms with Crippen LogP contribution in [0.5, 0.6) is 0 Å². The van der Waals surface area contributed by atoms with Crippen LogP contribution in [0.4, 0.5) is 0 Å². The summed E-state index contributed by atoms with van der Waals surface area (Å²) in [5, 5.41) is 6.49. The molecule has 2 aromatic rings. The minimum absolute atomic E-state index is 0. The Kier molecular flexibility index (Phi) is 9.55. The van der Waals surface area contributed by atoms with E-state index in [0.29, 0.717) is 19.0 Å². The van der Waals surface area contributed by atoms with Crippen LogP contribution in [0.15, 0.2) is 46.3 Å². The van der Waals surface area contributed by atoms with Crippen molar-refractivity contribution in [1.82, 2.24) is 15.4 Å². The summed E-state index contributed by atoms with van der Waals surface area (Å²) in [5.74, 6) is 0.704. The third-order valence-electron chi connectivity index (χ3n) is 3.47. The molecule has 0 aliphatic carbocycles. The first kappa shape index (κ1) is 22.9. The summed E-state index contributed by atoms with van der Waals surface area (Å²) in [6.45, 7) is 5.94. The lowest BCUT2D eigenvalue weighted by atomic mass is 10.2. The second kappa shape index (κ2) is 10.9. The van der Waals surface area contributed by atoms with E-state index in [2.05, 4.69) is 39.4 Å². The van der Waals surface area contributed by atoms with Crippen LogP contribution in [0.3, 0.4) is 0 Å². The molecule has 1 aromatic carbocycles. The average Bonchev–Trinajstić information content (AvgIpc) is 3.03. The molecule has 0 unspecified atom stereocenters. The molecule has 3 N–H and O–H groups in total. The van der Waals surface area contributed by atoms with Crippen molar-refractivity contribution >= 4 is 51.3 Å². The van der Waals surface area contributed by atoms with E-state index in [-0.39, 0.29) is 28.9 Å². The smallest absolute Gasteiger partial charge is 0.240 e. The molecule has 0 atom stereocenters. The van der Waals surface area contributed by atoms with Gasteiger partial charge in [0.1, 0.15) is 0 Å². The van der Waals surface area contributed by atoms with Crippen molar-refractivity contribution < 1.29 is 8.42 Å². The van der Waals surface area contributed by atoms with Gasteiger partial charge in [0.15, 0.2) is 5.96 Å². The highest BCUT2D eigenvalue weighted by Gasteiger charge is 2.11. The Hall–Kier alpha value is -1.17. The van der Waals surface area contributed by atoms with Gasteiger partial charge in [-0.05, 0) is 50.7 Å². The molecule has 0 aliphatic rings. The number of rotatable bonds is 7. The van der Waals surface area contributed by atoms with Crippen LogP contribution < -0.4 is 15.4 Å². The van der Waals surface area contributed by atoms with Gasteiger partial charge >= 0.3 is 0 Å². The first-order valence-electron chi connectivity index (χ1n) is 8.04. The quantitative estimate of drug-likeness (QED) is 0.305. The number of hydrogen-bond donors (Lipinski definition) is 3. The molecule has 0 radical (unpaired) electrons. The van der Waals surface area contributed by atoms with Gasteiger partial charge in [-0.2, -0.15) is 0 Å². The van der Waals surface area contributed by atoms with E-state index in [4.69, 9.17) is 0 Å². The van der Waals surface area contributed by atoms with Gasteiger partial charge in [-0.25, -0.2) is 18.1 Å². The summed E-state index contributed by atoms with van der Waals surface area (Å²) in [5.41, 5.74) is 0.834. The standard InChI is InChI=1S/C17H24N4O2S2.HI/c1-4-19-17(21-12-15-9-8-13(2)24-15)20-11-14-6-5-7-16(10-14)25(22,23)18-3;/h5-10,18H,4,11-12H2,1-3H3,(H2,19,20,21);1H. The van der Waals surface area contributed by atoms with E-state index in [1.807, 2.05) is 13.0 Å². The third kappa shape index (κ3) is 6.86. The SMILES string of the molecule is CCNC(=NCc1cccc(S(=O)(=O)NC)c1)NCc1ccc(C)s1.I. The van der Waals surface area contributed by atoms with Crippen LogP contribution in [-0.4, -0.2) is 28.0 Å². The van der Waals surface area contributed by atoms with Crippen molar-refractivity contribution in [1.29, 1.82) is 0 Å². The Morgan fingerprint density at radius 1 is 1.19 bits per heavy atom. The largest absolute Gasteiger partial charge is 0.357 e. The number of aryl methyl sites for hydroxylation is 1. The van der Waals surface area contributed by atoms with Crippen LogP contribution in [0.1, 0.15) is 22.2 Å². The number of thiophene rings is 1. The van der Waals surface area contributed by atoms with Crippen molar-refractivity contribution in [3.05, 3.63) is 51.7 Å². The lowest BCUT2D eigenvalue weighted by molar-refractivity contribution is 0.588. The topological polar surface area (TPSA) is 82.6 Å². The predicted octanol–water partition coefficient (Wildman–Crippen LogP) is 2.84. The normalized spacial score (nSPS) is 11.7. The number of guanidine groups is 1. The highest BCUT2D eigenvalue weighted by Crippen LogP contribution is 2.14. The van der Waals surface area contributed by atoms with E-state index in [1.54, 1.807) is 29.5 Å². The Morgan fingerprint density at radius 2 is 1.96 bits per heavy atom. The van der Waals surface area contributed by atoms with Gasteiger partial charge in [-0.1, -0.05) is 12.1 Å². The molecular formula is C17H25IN4O2S2. The molecule has 9 heteroatoms. The molecule has 26 heavy (non-hydrogen) atoms. The number of nitrogens with zero attached hydrogens (tertiary/aromatic N) is 1. The van der Waals surface area contributed by atoms with Gasteiger partial charge in [-0.3, -0.25) is 0 Å². The van der Waals surface area contributed by atoms with E-state index < -0.39 is 10.0 Å². The Balaban J connectivity index is 0.00000338. The van der Waals surface area contributed by atoms with Crippen molar-refractivity contribution in [2.24, 2.45) is 4.99 Å². The molecule has 0 aliphatic heterocycles. The van der Waals surface area contributed by atoms with Gasteiger partial charge in [0.2, 0.25) is 10.0 Å². The first-order valence-corrected chi connectivity index (χ1v) is 10.3. The van der Waals surface area contributed by atoms with Gasteiger partial charge in [0, 0.05) is 16.3 Å². The van der Waals surface area contributed by atoms with Crippen molar-refractivity contribution in [2.45, 2.75) is 31.8 Å². The van der Waals surface area contributed by atoms with Crippen molar-refractivity contribution in [3.63, 3.8) is 0 Å². The summed E-state index contributed by atoms with van der Waals surface area (Å²) in [4.78, 5) is 7.30. The summed E-state index contributed by atoms with van der Waals surface area (Å²) in [6.07, 6.45) is 0. The molecule has 0 saturated carbocycles. The number of hydrogen-bond acceptors (Lipinski definition) is 4. The predicted molar refractivity (Wildman–Crippen MR) is 119 cm³/mol. The fourth-order valence-corrected chi connectivity index (χ4v) is 3.82. The number of halogens is 1.